The largest absolute Gasteiger partial charge is 0.302 e. The van der Waals surface area contributed by atoms with Gasteiger partial charge in [0.25, 0.3) is 0 Å². The van der Waals surface area contributed by atoms with Crippen LogP contribution < -0.4 is 0 Å². The van der Waals surface area contributed by atoms with E-state index in [1.165, 1.54) is 18.4 Å². The molecule has 0 spiro atoms. The molecule has 14 heavy (non-hydrogen) atoms. The van der Waals surface area contributed by atoms with Crippen molar-refractivity contribution in [1.82, 2.24) is 9.88 Å². The first kappa shape index (κ1) is 11.7. The Hall–Kier alpha value is -0.410. The second-order valence-corrected chi connectivity index (χ2v) is 4.28. The molecule has 0 radical (unpaired) electrons. The molecule has 0 amide bonds. The lowest BCUT2D eigenvalue weighted by Gasteiger charge is -2.15. The molecule has 0 aromatic carbocycles. The van der Waals surface area contributed by atoms with Crippen molar-refractivity contribution in [2.45, 2.75) is 19.4 Å². The number of hydrogen-bond donors (Lipinski definition) is 0. The number of rotatable bonds is 6. The van der Waals surface area contributed by atoms with Gasteiger partial charge in [-0.1, -0.05) is 15.9 Å². The summed E-state index contributed by atoms with van der Waals surface area (Å²) in [6.07, 6.45) is 6.21. The molecule has 0 aliphatic rings. The lowest BCUT2D eigenvalue weighted by Crippen LogP contribution is -2.19. The Kier molecular flexibility index (Phi) is 5.80. The maximum atomic E-state index is 4.00. The van der Waals surface area contributed by atoms with Gasteiger partial charge in [0, 0.05) is 24.3 Å². The zero-order valence-corrected chi connectivity index (χ0v) is 10.2. The van der Waals surface area contributed by atoms with Gasteiger partial charge in [0.2, 0.25) is 0 Å². The molecular weight excluding hydrogens is 240 g/mol. The summed E-state index contributed by atoms with van der Waals surface area (Å²) in [6.45, 7) is 2.18. The van der Waals surface area contributed by atoms with Crippen LogP contribution in [0.25, 0.3) is 0 Å². The number of hydrogen-bond acceptors (Lipinski definition) is 2. The van der Waals surface area contributed by atoms with Gasteiger partial charge in [0.1, 0.15) is 0 Å². The van der Waals surface area contributed by atoms with Crippen molar-refractivity contribution in [3.8, 4) is 0 Å². The van der Waals surface area contributed by atoms with Crippen LogP contribution >= 0.6 is 15.9 Å². The van der Waals surface area contributed by atoms with Crippen LogP contribution in [-0.2, 0) is 6.54 Å². The van der Waals surface area contributed by atoms with E-state index in [9.17, 15) is 0 Å². The molecular formula is C11H17BrN2. The molecule has 0 unspecified atom stereocenters. The van der Waals surface area contributed by atoms with Gasteiger partial charge in [-0.05, 0) is 44.1 Å². The van der Waals surface area contributed by atoms with E-state index in [1.54, 1.807) is 0 Å². The molecule has 0 N–H and O–H groups in total. The third-order valence-corrected chi connectivity index (χ3v) is 2.69. The maximum Gasteiger partial charge on any atom is 0.0271 e. The predicted octanol–water partition coefficient (Wildman–Crippen LogP) is 2.69. The monoisotopic (exact) mass is 256 g/mol. The highest BCUT2D eigenvalue weighted by molar-refractivity contribution is 9.09. The summed E-state index contributed by atoms with van der Waals surface area (Å²) in [4.78, 5) is 6.35. The molecule has 0 fully saturated rings. The fourth-order valence-corrected chi connectivity index (χ4v) is 1.75. The Labute approximate surface area is 94.5 Å². The summed E-state index contributed by atoms with van der Waals surface area (Å²) in [5, 5.41) is 1.11. The molecule has 0 bridgehead atoms. The van der Waals surface area contributed by atoms with Crippen LogP contribution in [-0.4, -0.2) is 28.8 Å². The Bertz CT molecular complexity index is 238. The number of halogens is 1. The zero-order valence-electron chi connectivity index (χ0n) is 8.62. The smallest absolute Gasteiger partial charge is 0.0271 e. The number of aromatic nitrogens is 1. The minimum atomic E-state index is 1.02. The molecule has 0 saturated carbocycles. The molecule has 1 rings (SSSR count). The second-order valence-electron chi connectivity index (χ2n) is 3.49. The van der Waals surface area contributed by atoms with Crippen LogP contribution in [0.15, 0.2) is 24.5 Å². The summed E-state index contributed by atoms with van der Waals surface area (Å²) < 4.78 is 0. The Morgan fingerprint density at radius 3 is 2.64 bits per heavy atom. The van der Waals surface area contributed by atoms with Gasteiger partial charge in [-0.15, -0.1) is 0 Å². The maximum absolute atomic E-state index is 4.00. The molecule has 3 heteroatoms. The third kappa shape index (κ3) is 4.72. The summed E-state index contributed by atoms with van der Waals surface area (Å²) in [6, 6.07) is 4.14. The molecule has 1 aromatic heterocycles. The number of pyridine rings is 1. The van der Waals surface area contributed by atoms with Gasteiger partial charge in [0.05, 0.1) is 0 Å². The molecule has 2 nitrogen and oxygen atoms in total. The zero-order chi connectivity index (χ0) is 10.2. The van der Waals surface area contributed by atoms with Crippen molar-refractivity contribution in [3.05, 3.63) is 30.1 Å². The number of unbranched alkanes of at least 4 members (excludes halogenated alkanes) is 1. The van der Waals surface area contributed by atoms with Crippen molar-refractivity contribution in [2.75, 3.05) is 18.9 Å². The topological polar surface area (TPSA) is 16.1 Å². The van der Waals surface area contributed by atoms with Crippen LogP contribution in [0.3, 0.4) is 0 Å². The number of alkyl halides is 1. The van der Waals surface area contributed by atoms with E-state index in [2.05, 4.69) is 45.0 Å². The van der Waals surface area contributed by atoms with E-state index >= 15 is 0 Å². The molecule has 1 aromatic rings. The van der Waals surface area contributed by atoms with Crippen LogP contribution in [0, 0.1) is 0 Å². The van der Waals surface area contributed by atoms with Gasteiger partial charge in [-0.25, -0.2) is 0 Å². The molecule has 0 atom stereocenters. The van der Waals surface area contributed by atoms with Crippen molar-refractivity contribution in [1.29, 1.82) is 0 Å². The average Bonchev–Trinajstić information content (AvgIpc) is 2.20. The van der Waals surface area contributed by atoms with E-state index in [4.69, 9.17) is 0 Å². The Morgan fingerprint density at radius 2 is 2.00 bits per heavy atom. The molecule has 0 saturated heterocycles. The normalized spacial score (nSPS) is 10.8. The highest BCUT2D eigenvalue weighted by atomic mass is 79.9. The lowest BCUT2D eigenvalue weighted by atomic mass is 10.2. The van der Waals surface area contributed by atoms with Gasteiger partial charge < -0.3 is 4.90 Å². The van der Waals surface area contributed by atoms with Crippen LogP contribution in [0.4, 0.5) is 0 Å². The Morgan fingerprint density at radius 1 is 1.29 bits per heavy atom. The lowest BCUT2D eigenvalue weighted by molar-refractivity contribution is 0.321. The minimum Gasteiger partial charge on any atom is -0.302 e. The number of nitrogens with zero attached hydrogens (tertiary/aromatic N) is 2. The van der Waals surface area contributed by atoms with Crippen LogP contribution in [0.2, 0.25) is 0 Å². The average molecular weight is 257 g/mol. The Balaban J connectivity index is 2.23. The van der Waals surface area contributed by atoms with E-state index in [0.29, 0.717) is 0 Å². The summed E-state index contributed by atoms with van der Waals surface area (Å²) in [5.74, 6) is 0. The van der Waals surface area contributed by atoms with Gasteiger partial charge >= 0.3 is 0 Å². The standard InChI is InChI=1S/C11H17BrN2/c1-14(9-3-2-6-12)10-11-4-7-13-8-5-11/h4-5,7-8H,2-3,6,9-10H2,1H3. The van der Waals surface area contributed by atoms with E-state index in [1.807, 2.05) is 12.4 Å². The minimum absolute atomic E-state index is 1.02. The van der Waals surface area contributed by atoms with Crippen molar-refractivity contribution in [2.24, 2.45) is 0 Å². The summed E-state index contributed by atoms with van der Waals surface area (Å²) in [7, 11) is 2.16. The van der Waals surface area contributed by atoms with E-state index < -0.39 is 0 Å². The van der Waals surface area contributed by atoms with Crippen molar-refractivity contribution < 1.29 is 0 Å². The van der Waals surface area contributed by atoms with E-state index in [0.717, 1.165) is 18.4 Å². The molecule has 78 valence electrons. The first-order valence-corrected chi connectivity index (χ1v) is 6.08. The SMILES string of the molecule is CN(CCCCBr)Cc1ccncc1. The summed E-state index contributed by atoms with van der Waals surface area (Å²) in [5.41, 5.74) is 1.33. The molecule has 0 aliphatic carbocycles. The molecule has 1 heterocycles. The molecule has 0 aliphatic heterocycles. The summed E-state index contributed by atoms with van der Waals surface area (Å²) >= 11 is 3.44. The fourth-order valence-electron chi connectivity index (χ4n) is 1.36. The fraction of sp³-hybridized carbons (Fsp3) is 0.545. The van der Waals surface area contributed by atoms with Crippen LogP contribution in [0.1, 0.15) is 18.4 Å². The predicted molar refractivity (Wildman–Crippen MR) is 63.6 cm³/mol. The first-order chi connectivity index (χ1) is 6.83. The third-order valence-electron chi connectivity index (χ3n) is 2.13. The highest BCUT2D eigenvalue weighted by Gasteiger charge is 1.98. The van der Waals surface area contributed by atoms with Crippen molar-refractivity contribution in [3.63, 3.8) is 0 Å². The van der Waals surface area contributed by atoms with Gasteiger partial charge in [-0.2, -0.15) is 0 Å². The second kappa shape index (κ2) is 6.96. The van der Waals surface area contributed by atoms with Crippen molar-refractivity contribution >= 4 is 15.9 Å². The quantitative estimate of drug-likeness (QED) is 0.575. The van der Waals surface area contributed by atoms with E-state index in [-0.39, 0.29) is 0 Å². The van der Waals surface area contributed by atoms with Gasteiger partial charge in [0.15, 0.2) is 0 Å². The van der Waals surface area contributed by atoms with Crippen LogP contribution in [0.5, 0.6) is 0 Å². The van der Waals surface area contributed by atoms with Gasteiger partial charge in [-0.3, -0.25) is 4.98 Å². The highest BCUT2D eigenvalue weighted by Crippen LogP contribution is 2.03. The first-order valence-electron chi connectivity index (χ1n) is 4.96.